The van der Waals surface area contributed by atoms with E-state index in [1.165, 1.54) is 6.33 Å². The SMILES string of the molecule is COc1ccc2c(c1)C(=O)N(C[C@@]1(c3ccc(-c4ncnc5ncn(C(C)C)c45)cc3)NC(=O)NC1=O)C2. The van der Waals surface area contributed by atoms with Gasteiger partial charge in [0.05, 0.1) is 25.7 Å². The summed E-state index contributed by atoms with van der Waals surface area (Å²) in [6, 6.07) is 12.1. The van der Waals surface area contributed by atoms with Crippen LogP contribution in [0.15, 0.2) is 55.1 Å². The smallest absolute Gasteiger partial charge is 0.322 e. The lowest BCUT2D eigenvalue weighted by Crippen LogP contribution is -2.52. The summed E-state index contributed by atoms with van der Waals surface area (Å²) in [4.78, 5) is 53.5. The number of aromatic nitrogens is 4. The molecule has 0 aliphatic carbocycles. The molecule has 1 fully saturated rings. The minimum absolute atomic E-state index is 0.0301. The quantitative estimate of drug-likeness (QED) is 0.381. The highest BCUT2D eigenvalue weighted by molar-refractivity contribution is 6.08. The van der Waals surface area contributed by atoms with E-state index in [1.807, 2.05) is 22.8 Å². The topological polar surface area (TPSA) is 131 Å². The molecule has 4 amide bonds. The van der Waals surface area contributed by atoms with E-state index in [0.29, 0.717) is 34.8 Å². The lowest BCUT2D eigenvalue weighted by molar-refractivity contribution is -0.124. The van der Waals surface area contributed by atoms with Crippen molar-refractivity contribution in [1.29, 1.82) is 0 Å². The number of ether oxygens (including phenoxy) is 1. The number of nitrogens with one attached hydrogen (secondary N) is 2. The number of fused-ring (bicyclic) bond motifs is 2. The van der Waals surface area contributed by atoms with E-state index in [2.05, 4.69) is 39.4 Å². The number of hydrogen-bond donors (Lipinski definition) is 2. The number of benzene rings is 2. The minimum Gasteiger partial charge on any atom is -0.497 e. The lowest BCUT2D eigenvalue weighted by atomic mass is 9.88. The Morgan fingerprint density at radius 3 is 2.53 bits per heavy atom. The normalized spacial score (nSPS) is 18.7. The summed E-state index contributed by atoms with van der Waals surface area (Å²) in [7, 11) is 1.54. The molecule has 4 aromatic rings. The minimum atomic E-state index is -1.45. The van der Waals surface area contributed by atoms with Gasteiger partial charge in [-0.1, -0.05) is 30.3 Å². The number of carbonyl (C=O) groups is 3. The number of imidazole rings is 1. The maximum atomic E-state index is 13.2. The number of amides is 4. The van der Waals surface area contributed by atoms with Gasteiger partial charge in [0.2, 0.25) is 0 Å². The van der Waals surface area contributed by atoms with E-state index in [9.17, 15) is 14.4 Å². The molecule has 2 aromatic heterocycles. The van der Waals surface area contributed by atoms with E-state index in [4.69, 9.17) is 4.74 Å². The number of nitrogens with zero attached hydrogens (tertiary/aromatic N) is 5. The van der Waals surface area contributed by atoms with Crippen LogP contribution in [0.2, 0.25) is 0 Å². The fraction of sp³-hybridized carbons (Fsp3) is 0.259. The first-order valence-electron chi connectivity index (χ1n) is 12.2. The van der Waals surface area contributed by atoms with Crippen LogP contribution in [0.5, 0.6) is 5.75 Å². The van der Waals surface area contributed by atoms with E-state index < -0.39 is 17.5 Å². The molecule has 1 saturated heterocycles. The molecule has 0 radical (unpaired) electrons. The van der Waals surface area contributed by atoms with Crippen LogP contribution >= 0.6 is 0 Å². The Hall–Kier alpha value is -4.80. The zero-order valence-corrected chi connectivity index (χ0v) is 21.1. The average Bonchev–Trinajstić information content (AvgIpc) is 3.57. The molecule has 0 bridgehead atoms. The third-order valence-corrected chi connectivity index (χ3v) is 7.14. The van der Waals surface area contributed by atoms with Crippen LogP contribution in [-0.2, 0) is 16.9 Å². The largest absolute Gasteiger partial charge is 0.497 e. The van der Waals surface area contributed by atoms with Gasteiger partial charge >= 0.3 is 6.03 Å². The van der Waals surface area contributed by atoms with Crippen LogP contribution in [-0.4, -0.2) is 55.9 Å². The Kier molecular flexibility index (Phi) is 5.37. The van der Waals surface area contributed by atoms with E-state index in [-0.39, 0.29) is 18.5 Å². The van der Waals surface area contributed by atoms with Gasteiger partial charge in [0.15, 0.2) is 11.2 Å². The third-order valence-electron chi connectivity index (χ3n) is 7.14. The molecule has 0 unspecified atom stereocenters. The molecule has 1 atom stereocenters. The monoisotopic (exact) mass is 511 g/mol. The zero-order chi connectivity index (χ0) is 26.6. The van der Waals surface area contributed by atoms with Crippen molar-refractivity contribution >= 4 is 29.0 Å². The van der Waals surface area contributed by atoms with Gasteiger partial charge in [-0.25, -0.2) is 19.7 Å². The van der Waals surface area contributed by atoms with Crippen LogP contribution in [0.4, 0.5) is 4.79 Å². The maximum absolute atomic E-state index is 13.2. The number of hydrogen-bond acceptors (Lipinski definition) is 7. The highest BCUT2D eigenvalue weighted by Gasteiger charge is 2.50. The van der Waals surface area contributed by atoms with Crippen molar-refractivity contribution in [3.63, 3.8) is 0 Å². The highest BCUT2D eigenvalue weighted by Crippen LogP contribution is 2.34. The van der Waals surface area contributed by atoms with Crippen LogP contribution in [0.1, 0.15) is 41.4 Å². The van der Waals surface area contributed by atoms with Gasteiger partial charge in [-0.15, -0.1) is 0 Å². The second-order valence-corrected chi connectivity index (χ2v) is 9.72. The molecule has 0 saturated carbocycles. The fourth-order valence-electron chi connectivity index (χ4n) is 5.17. The molecule has 4 heterocycles. The third kappa shape index (κ3) is 3.58. The molecule has 11 heteroatoms. The standard InChI is InChI=1S/C27H25N7O4/c1-15(2)34-14-30-23-22(34)21(28-13-29-23)16-4-7-18(8-5-16)27(25(36)31-26(37)32-27)12-33-11-17-6-9-19(38-3)10-20(17)24(33)35/h4-10,13-15H,11-12H2,1-3H3,(H2,31,32,36,37)/t27-/m0/s1. The molecular weight excluding hydrogens is 486 g/mol. The lowest BCUT2D eigenvalue weighted by Gasteiger charge is -2.31. The van der Waals surface area contributed by atoms with Gasteiger partial charge in [0, 0.05) is 23.7 Å². The van der Waals surface area contributed by atoms with Gasteiger partial charge in [-0.2, -0.15) is 0 Å². The summed E-state index contributed by atoms with van der Waals surface area (Å²) < 4.78 is 7.27. The Labute approximate surface area is 217 Å². The number of urea groups is 1. The number of imide groups is 1. The van der Waals surface area contributed by atoms with E-state index in [0.717, 1.165) is 16.6 Å². The maximum Gasteiger partial charge on any atom is 0.322 e. The molecule has 2 aliphatic heterocycles. The second kappa shape index (κ2) is 8.65. The van der Waals surface area contributed by atoms with E-state index >= 15 is 0 Å². The Bertz CT molecular complexity index is 1610. The zero-order valence-electron chi connectivity index (χ0n) is 21.1. The van der Waals surface area contributed by atoms with Crippen LogP contribution < -0.4 is 15.4 Å². The summed E-state index contributed by atoms with van der Waals surface area (Å²) in [5.74, 6) is -0.165. The van der Waals surface area contributed by atoms with Crippen molar-refractivity contribution in [3.05, 3.63) is 71.8 Å². The number of carbonyl (C=O) groups excluding carboxylic acids is 3. The van der Waals surface area contributed by atoms with Crippen LogP contribution in [0.3, 0.4) is 0 Å². The predicted octanol–water partition coefficient (Wildman–Crippen LogP) is 2.77. The van der Waals surface area contributed by atoms with Crippen LogP contribution in [0, 0.1) is 0 Å². The highest BCUT2D eigenvalue weighted by atomic mass is 16.5. The summed E-state index contributed by atoms with van der Waals surface area (Å²) in [6.45, 7) is 4.40. The fourth-order valence-corrected chi connectivity index (χ4v) is 5.17. The molecule has 2 N–H and O–H groups in total. The summed E-state index contributed by atoms with van der Waals surface area (Å²) in [5.41, 5.74) is 3.38. The first-order chi connectivity index (χ1) is 18.3. The van der Waals surface area contributed by atoms with Gasteiger partial charge in [-0.05, 0) is 37.1 Å². The molecule has 6 rings (SSSR count). The molecule has 192 valence electrons. The molecule has 2 aromatic carbocycles. The van der Waals surface area contributed by atoms with E-state index in [1.54, 1.807) is 42.6 Å². The molecular formula is C27H25N7O4. The average molecular weight is 512 g/mol. The van der Waals surface area contributed by atoms with Gasteiger partial charge in [0.1, 0.15) is 17.6 Å². The molecule has 11 nitrogen and oxygen atoms in total. The Balaban J connectivity index is 1.36. The molecule has 2 aliphatic rings. The Morgan fingerprint density at radius 1 is 1.05 bits per heavy atom. The second-order valence-electron chi connectivity index (χ2n) is 9.72. The number of methoxy groups -OCH3 is 1. The van der Waals surface area contributed by atoms with Crippen molar-refractivity contribution in [2.45, 2.75) is 32.0 Å². The summed E-state index contributed by atoms with van der Waals surface area (Å²) in [6.07, 6.45) is 3.22. The molecule has 0 spiro atoms. The van der Waals surface area contributed by atoms with Crippen molar-refractivity contribution in [1.82, 2.24) is 35.1 Å². The van der Waals surface area contributed by atoms with Gasteiger partial charge in [0.25, 0.3) is 11.8 Å². The van der Waals surface area contributed by atoms with Crippen molar-refractivity contribution in [2.75, 3.05) is 13.7 Å². The van der Waals surface area contributed by atoms with Gasteiger partial charge < -0.3 is 19.5 Å². The van der Waals surface area contributed by atoms with Gasteiger partial charge in [-0.3, -0.25) is 14.9 Å². The summed E-state index contributed by atoms with van der Waals surface area (Å²) in [5, 5.41) is 5.12. The van der Waals surface area contributed by atoms with Crippen molar-refractivity contribution in [3.8, 4) is 17.0 Å². The van der Waals surface area contributed by atoms with Crippen molar-refractivity contribution in [2.24, 2.45) is 0 Å². The van der Waals surface area contributed by atoms with Crippen molar-refractivity contribution < 1.29 is 19.1 Å². The molecule has 38 heavy (non-hydrogen) atoms. The first-order valence-corrected chi connectivity index (χ1v) is 12.2. The number of rotatable bonds is 6. The summed E-state index contributed by atoms with van der Waals surface area (Å²) >= 11 is 0. The predicted molar refractivity (Wildman–Crippen MR) is 137 cm³/mol. The first kappa shape index (κ1) is 23.6. The Morgan fingerprint density at radius 2 is 1.84 bits per heavy atom. The van der Waals surface area contributed by atoms with Crippen LogP contribution in [0.25, 0.3) is 22.4 Å².